The molecule has 0 unspecified atom stereocenters. The fraction of sp³-hybridized carbons (Fsp3) is 0. The highest BCUT2D eigenvalue weighted by molar-refractivity contribution is 6.31. The summed E-state index contributed by atoms with van der Waals surface area (Å²) in [5, 5.41) is 1.89. The molecule has 0 aliphatic heterocycles. The van der Waals surface area contributed by atoms with Crippen LogP contribution in [0.15, 0.2) is 59.4 Å². The molecule has 1 heterocycles. The molecule has 1 N–H and O–H groups in total. The van der Waals surface area contributed by atoms with Crippen molar-refractivity contribution in [3.8, 4) is 0 Å². The number of H-pyrrole nitrogens is 1. The van der Waals surface area contributed by atoms with Crippen molar-refractivity contribution in [3.05, 3.63) is 86.1 Å². The van der Waals surface area contributed by atoms with Gasteiger partial charge in [0.15, 0.2) is 5.78 Å². The number of ketones is 1. The van der Waals surface area contributed by atoms with Crippen LogP contribution in [-0.4, -0.2) is 10.8 Å². The smallest absolute Gasteiger partial charge is 0.259 e. The third kappa shape index (κ3) is 3.52. The second-order valence-electron chi connectivity index (χ2n) is 4.99. The summed E-state index contributed by atoms with van der Waals surface area (Å²) in [7, 11) is 0. The number of carbonyl (C=O) groups is 1. The summed E-state index contributed by atoms with van der Waals surface area (Å²) in [6.07, 6.45) is 3.01. The van der Waals surface area contributed by atoms with Gasteiger partial charge >= 0.3 is 0 Å². The zero-order valence-corrected chi connectivity index (χ0v) is 13.4. The van der Waals surface area contributed by atoms with Gasteiger partial charge in [-0.1, -0.05) is 47.5 Å². The number of halogens is 2. The van der Waals surface area contributed by atoms with Gasteiger partial charge in [-0.2, -0.15) is 0 Å². The monoisotopic (exact) mass is 343 g/mol. The van der Waals surface area contributed by atoms with Gasteiger partial charge in [0.1, 0.15) is 0 Å². The molecule has 5 heteroatoms. The molecule has 0 saturated carbocycles. The fourth-order valence-corrected chi connectivity index (χ4v) is 2.49. The van der Waals surface area contributed by atoms with Gasteiger partial charge < -0.3 is 4.98 Å². The van der Waals surface area contributed by atoms with Gasteiger partial charge in [0.2, 0.25) is 0 Å². The van der Waals surface area contributed by atoms with E-state index < -0.39 is 5.56 Å². The quantitative estimate of drug-likeness (QED) is 0.552. The molecule has 23 heavy (non-hydrogen) atoms. The molecule has 114 valence electrons. The zero-order chi connectivity index (χ0) is 16.4. The number of pyridine rings is 1. The molecule has 3 rings (SSSR count). The molecule has 0 spiro atoms. The van der Waals surface area contributed by atoms with E-state index in [-0.39, 0.29) is 11.3 Å². The van der Waals surface area contributed by atoms with Crippen LogP contribution in [0.4, 0.5) is 0 Å². The zero-order valence-electron chi connectivity index (χ0n) is 11.8. The highest BCUT2D eigenvalue weighted by Crippen LogP contribution is 2.17. The van der Waals surface area contributed by atoms with Crippen molar-refractivity contribution < 1.29 is 4.79 Å². The minimum absolute atomic E-state index is 0.0880. The number of aromatic amines is 1. The lowest BCUT2D eigenvalue weighted by Crippen LogP contribution is -2.16. The maximum absolute atomic E-state index is 12.3. The summed E-state index contributed by atoms with van der Waals surface area (Å²) in [6, 6.07) is 13.7. The van der Waals surface area contributed by atoms with E-state index >= 15 is 0 Å². The Labute approximate surface area is 142 Å². The molecule has 0 amide bonds. The third-order valence-electron chi connectivity index (χ3n) is 3.37. The van der Waals surface area contributed by atoms with Crippen LogP contribution >= 0.6 is 23.2 Å². The maximum atomic E-state index is 12.3. The normalized spacial score (nSPS) is 11.2. The second kappa shape index (κ2) is 6.41. The van der Waals surface area contributed by atoms with Crippen molar-refractivity contribution in [2.24, 2.45) is 0 Å². The van der Waals surface area contributed by atoms with Crippen molar-refractivity contribution in [3.63, 3.8) is 0 Å². The Morgan fingerprint density at radius 1 is 0.957 bits per heavy atom. The largest absolute Gasteiger partial charge is 0.321 e. The van der Waals surface area contributed by atoms with Gasteiger partial charge in [0, 0.05) is 15.6 Å². The van der Waals surface area contributed by atoms with Crippen LogP contribution in [0.5, 0.6) is 0 Å². The molecule has 0 aliphatic rings. The first-order valence-electron chi connectivity index (χ1n) is 6.83. The molecule has 3 aromatic rings. The van der Waals surface area contributed by atoms with Gasteiger partial charge in [-0.25, -0.2) is 0 Å². The number of fused-ring (bicyclic) bond motifs is 1. The first kappa shape index (κ1) is 15.5. The Morgan fingerprint density at radius 2 is 1.65 bits per heavy atom. The summed E-state index contributed by atoms with van der Waals surface area (Å²) in [5.74, 6) is -0.363. The molecule has 3 nitrogen and oxygen atoms in total. The summed E-state index contributed by atoms with van der Waals surface area (Å²) >= 11 is 11.7. The van der Waals surface area contributed by atoms with Crippen LogP contribution in [0, 0.1) is 0 Å². The number of rotatable bonds is 3. The third-order valence-corrected chi connectivity index (χ3v) is 3.86. The molecule has 1 aromatic heterocycles. The average Bonchev–Trinajstić information content (AvgIpc) is 2.53. The van der Waals surface area contributed by atoms with E-state index in [1.54, 1.807) is 54.6 Å². The van der Waals surface area contributed by atoms with Crippen LogP contribution < -0.4 is 5.56 Å². The standard InChI is InChI=1S/C18H11Cl2NO2/c19-13-5-1-11(2-6-13)3-8-17(22)15-9-12-4-7-14(20)10-16(12)21-18(15)23/h1-10H,(H,21,23). The Balaban J connectivity index is 1.94. The van der Waals surface area contributed by atoms with E-state index in [1.807, 2.05) is 0 Å². The maximum Gasteiger partial charge on any atom is 0.259 e. The first-order chi connectivity index (χ1) is 11.0. The van der Waals surface area contributed by atoms with E-state index in [4.69, 9.17) is 23.2 Å². The lowest BCUT2D eigenvalue weighted by molar-refractivity contribution is 0.104. The van der Waals surface area contributed by atoms with E-state index in [0.717, 1.165) is 10.9 Å². The predicted octanol–water partition coefficient (Wildman–Crippen LogP) is 4.73. The van der Waals surface area contributed by atoms with Crippen molar-refractivity contribution in [1.82, 2.24) is 4.98 Å². The van der Waals surface area contributed by atoms with Crippen molar-refractivity contribution in [2.45, 2.75) is 0 Å². The molecule has 0 saturated heterocycles. The molecule has 0 bridgehead atoms. The lowest BCUT2D eigenvalue weighted by atomic mass is 10.1. The molecule has 0 aliphatic carbocycles. The Morgan fingerprint density at radius 3 is 2.39 bits per heavy atom. The fourth-order valence-electron chi connectivity index (χ4n) is 2.19. The first-order valence-corrected chi connectivity index (χ1v) is 7.59. The Hall–Kier alpha value is -2.36. The SMILES string of the molecule is O=C(C=Cc1ccc(Cl)cc1)c1cc2ccc(Cl)cc2[nH]c1=O. The Kier molecular flexibility index (Phi) is 4.33. The van der Waals surface area contributed by atoms with E-state index in [9.17, 15) is 9.59 Å². The van der Waals surface area contributed by atoms with Crippen molar-refractivity contribution >= 4 is 46.0 Å². The molecule has 0 radical (unpaired) electrons. The van der Waals surface area contributed by atoms with E-state index in [1.165, 1.54) is 6.08 Å². The van der Waals surface area contributed by atoms with Crippen LogP contribution in [0.1, 0.15) is 15.9 Å². The molecule has 2 aromatic carbocycles. The number of hydrogen-bond acceptors (Lipinski definition) is 2. The van der Waals surface area contributed by atoms with Gasteiger partial charge in [0.05, 0.1) is 5.56 Å². The number of allylic oxidation sites excluding steroid dienone is 1. The number of carbonyl (C=O) groups excluding carboxylic acids is 1. The van der Waals surface area contributed by atoms with E-state index in [2.05, 4.69) is 4.98 Å². The molecule has 0 atom stereocenters. The van der Waals surface area contributed by atoms with Crippen LogP contribution in [0.3, 0.4) is 0 Å². The number of hydrogen-bond donors (Lipinski definition) is 1. The highest BCUT2D eigenvalue weighted by Gasteiger charge is 2.09. The predicted molar refractivity (Wildman–Crippen MR) is 94.4 cm³/mol. The number of benzene rings is 2. The average molecular weight is 344 g/mol. The van der Waals surface area contributed by atoms with Crippen LogP contribution in [-0.2, 0) is 0 Å². The van der Waals surface area contributed by atoms with Gasteiger partial charge in [-0.05, 0) is 47.4 Å². The highest BCUT2D eigenvalue weighted by atomic mass is 35.5. The summed E-state index contributed by atoms with van der Waals surface area (Å²) in [6.45, 7) is 0. The summed E-state index contributed by atoms with van der Waals surface area (Å²) in [5.41, 5.74) is 1.07. The van der Waals surface area contributed by atoms with Gasteiger partial charge in [-0.3, -0.25) is 9.59 Å². The molecular weight excluding hydrogens is 333 g/mol. The summed E-state index contributed by atoms with van der Waals surface area (Å²) < 4.78 is 0. The number of nitrogens with one attached hydrogen (secondary N) is 1. The lowest BCUT2D eigenvalue weighted by Gasteiger charge is -2.01. The topological polar surface area (TPSA) is 49.9 Å². The summed E-state index contributed by atoms with van der Waals surface area (Å²) in [4.78, 5) is 27.0. The van der Waals surface area contributed by atoms with Crippen molar-refractivity contribution in [2.75, 3.05) is 0 Å². The van der Waals surface area contributed by atoms with Gasteiger partial charge in [0.25, 0.3) is 5.56 Å². The van der Waals surface area contributed by atoms with Gasteiger partial charge in [-0.15, -0.1) is 0 Å². The van der Waals surface area contributed by atoms with Crippen LogP contribution in [0.2, 0.25) is 10.0 Å². The van der Waals surface area contributed by atoms with Crippen LogP contribution in [0.25, 0.3) is 17.0 Å². The Bertz CT molecular complexity index is 972. The minimum Gasteiger partial charge on any atom is -0.321 e. The number of aromatic nitrogens is 1. The minimum atomic E-state index is -0.439. The van der Waals surface area contributed by atoms with E-state index in [0.29, 0.717) is 15.6 Å². The molecular formula is C18H11Cl2NO2. The second-order valence-corrected chi connectivity index (χ2v) is 5.87. The molecule has 0 fully saturated rings. The van der Waals surface area contributed by atoms with Crippen molar-refractivity contribution in [1.29, 1.82) is 0 Å².